The smallest absolute Gasteiger partial charge is 0.419 e. The van der Waals surface area contributed by atoms with Crippen LogP contribution in [0.25, 0.3) is 10.2 Å². The highest BCUT2D eigenvalue weighted by molar-refractivity contribution is 7.19. The van der Waals surface area contributed by atoms with Crippen molar-refractivity contribution in [3.05, 3.63) is 52.3 Å². The van der Waals surface area contributed by atoms with Gasteiger partial charge in [-0.3, -0.25) is 9.59 Å². The van der Waals surface area contributed by atoms with Gasteiger partial charge in [-0.2, -0.15) is 13.2 Å². The molecule has 12 heteroatoms. The number of anilines is 1. The molecular formula is C36H47F4N3O4S. The molecule has 2 N–H and O–H groups in total. The van der Waals surface area contributed by atoms with Gasteiger partial charge < -0.3 is 20.1 Å². The van der Waals surface area contributed by atoms with Crippen LogP contribution in [-0.4, -0.2) is 44.2 Å². The van der Waals surface area contributed by atoms with Crippen LogP contribution in [0.5, 0.6) is 5.75 Å². The molecule has 0 aliphatic heterocycles. The number of carbonyl (C=O) groups excluding carboxylic acids is 2. The van der Waals surface area contributed by atoms with Gasteiger partial charge in [0.15, 0.2) is 0 Å². The lowest BCUT2D eigenvalue weighted by molar-refractivity contribution is -0.140. The molecule has 48 heavy (non-hydrogen) atoms. The summed E-state index contributed by atoms with van der Waals surface area (Å²) < 4.78 is 60.6. The molecule has 2 bridgehead atoms. The van der Waals surface area contributed by atoms with E-state index in [2.05, 4.69) is 38.0 Å². The maximum Gasteiger partial charge on any atom is 0.419 e. The van der Waals surface area contributed by atoms with Crippen molar-refractivity contribution >= 4 is 39.6 Å². The number of halogens is 4. The van der Waals surface area contributed by atoms with Crippen molar-refractivity contribution in [2.75, 3.05) is 26.1 Å². The van der Waals surface area contributed by atoms with E-state index in [0.717, 1.165) is 45.7 Å². The molecule has 7 nitrogen and oxygen atoms in total. The first-order valence-corrected chi connectivity index (χ1v) is 17.3. The lowest BCUT2D eigenvalue weighted by Gasteiger charge is -2.52. The van der Waals surface area contributed by atoms with Crippen LogP contribution in [0.3, 0.4) is 0 Å². The quantitative estimate of drug-likeness (QED) is 0.182. The molecule has 3 aliphatic carbocycles. The summed E-state index contributed by atoms with van der Waals surface area (Å²) >= 11 is 1.56. The number of methoxy groups -OCH3 is 2. The number of hydrogen-bond acceptors (Lipinski definition) is 6. The zero-order valence-corrected chi connectivity index (χ0v) is 29.5. The second-order valence-electron chi connectivity index (χ2n) is 13.5. The van der Waals surface area contributed by atoms with E-state index in [4.69, 9.17) is 9.47 Å². The summed E-state index contributed by atoms with van der Waals surface area (Å²) in [5.41, 5.74) is 0.582. The van der Waals surface area contributed by atoms with Crippen molar-refractivity contribution in [1.82, 2.24) is 10.3 Å². The number of hydrogen-bond donors (Lipinski definition) is 2. The standard InChI is InChI=1S/C18H22N2O2S.C10H20O.C8H5F4NO/c1-9-11-4-5-12(8-11)16(9)20-18(21)15-14(22-3)7-6-13-17(15)23-10(2)19-13;1-5-10(3)8(2)6-9(10)7-11-4;9-7-2-1-5(13-4-14)3-6(7)8(10,11)12/h6-7,9,11-12,16H,4-5,8H2,1-3H3,(H,20,21);8-9H,5-7H2,1-4H3;1-4H,(H,13,14)/t9?,11-,12?,16?;;/m1../s1. The number of fused-ring (bicyclic) bond motifs is 3. The molecule has 3 aromatic rings. The van der Waals surface area contributed by atoms with Crippen molar-refractivity contribution in [3.8, 4) is 5.75 Å². The molecule has 264 valence electrons. The van der Waals surface area contributed by atoms with Crippen LogP contribution in [0.4, 0.5) is 23.2 Å². The van der Waals surface area contributed by atoms with Crippen molar-refractivity contribution in [1.29, 1.82) is 0 Å². The molecule has 0 radical (unpaired) electrons. The van der Waals surface area contributed by atoms with Gasteiger partial charge in [0.05, 0.1) is 27.9 Å². The zero-order chi connectivity index (χ0) is 35.4. The Kier molecular flexibility index (Phi) is 12.2. The number of aromatic nitrogens is 1. The summed E-state index contributed by atoms with van der Waals surface area (Å²) in [7, 11) is 3.42. The van der Waals surface area contributed by atoms with E-state index in [1.54, 1.807) is 25.6 Å². The number of alkyl halides is 3. The lowest BCUT2D eigenvalue weighted by Crippen LogP contribution is -2.47. The minimum Gasteiger partial charge on any atom is -0.496 e. The molecule has 1 aromatic heterocycles. The van der Waals surface area contributed by atoms with Gasteiger partial charge in [-0.05, 0) is 97.9 Å². The van der Waals surface area contributed by atoms with E-state index in [-0.39, 0.29) is 18.0 Å². The molecule has 2 amide bonds. The van der Waals surface area contributed by atoms with E-state index < -0.39 is 17.6 Å². The van der Waals surface area contributed by atoms with Crippen LogP contribution in [0, 0.1) is 47.7 Å². The fraction of sp³-hybridized carbons (Fsp3) is 0.583. The largest absolute Gasteiger partial charge is 0.496 e. The molecule has 0 spiro atoms. The fourth-order valence-corrected chi connectivity index (χ4v) is 8.68. The Balaban J connectivity index is 0.000000178. The van der Waals surface area contributed by atoms with Gasteiger partial charge in [-0.15, -0.1) is 11.3 Å². The van der Waals surface area contributed by atoms with E-state index in [1.165, 1.54) is 32.1 Å². The molecule has 7 atom stereocenters. The molecule has 1 heterocycles. The van der Waals surface area contributed by atoms with Crippen molar-refractivity contribution in [2.24, 2.45) is 35.0 Å². The molecule has 2 aromatic carbocycles. The molecule has 3 fully saturated rings. The van der Waals surface area contributed by atoms with Crippen LogP contribution in [-0.2, 0) is 15.7 Å². The predicted octanol–water partition coefficient (Wildman–Crippen LogP) is 8.90. The minimum absolute atomic E-state index is 0.0134. The third-order valence-corrected chi connectivity index (χ3v) is 12.0. The fourth-order valence-electron chi connectivity index (χ4n) is 7.73. The average molecular weight is 694 g/mol. The topological polar surface area (TPSA) is 89.6 Å². The van der Waals surface area contributed by atoms with E-state index in [1.807, 2.05) is 24.4 Å². The average Bonchev–Trinajstić information content (AvgIpc) is 3.76. The summed E-state index contributed by atoms with van der Waals surface area (Å²) in [6.45, 7) is 12.2. The Morgan fingerprint density at radius 1 is 1.12 bits per heavy atom. The molecule has 6 rings (SSSR count). The molecule has 3 aliphatic rings. The Bertz CT molecular complexity index is 1580. The lowest BCUT2D eigenvalue weighted by atomic mass is 9.53. The second-order valence-corrected chi connectivity index (χ2v) is 14.7. The summed E-state index contributed by atoms with van der Waals surface area (Å²) in [6.07, 6.45) is 1.96. The third-order valence-electron chi connectivity index (χ3n) is 11.0. The van der Waals surface area contributed by atoms with Gasteiger partial charge >= 0.3 is 6.18 Å². The van der Waals surface area contributed by atoms with Gasteiger partial charge in [0.1, 0.15) is 17.1 Å². The third kappa shape index (κ3) is 7.96. The number of benzene rings is 2. The van der Waals surface area contributed by atoms with E-state index in [9.17, 15) is 27.2 Å². The number of amides is 2. The van der Waals surface area contributed by atoms with Gasteiger partial charge in [0.2, 0.25) is 6.41 Å². The first-order valence-electron chi connectivity index (χ1n) is 16.5. The Labute approximate surface area is 284 Å². The van der Waals surface area contributed by atoms with Crippen LogP contribution in [0.2, 0.25) is 0 Å². The maximum atomic E-state index is 13.0. The number of rotatable bonds is 8. The van der Waals surface area contributed by atoms with Gasteiger partial charge in [0, 0.05) is 25.4 Å². The van der Waals surface area contributed by atoms with Crippen molar-refractivity contribution < 1.29 is 36.6 Å². The zero-order valence-electron chi connectivity index (χ0n) is 28.7. The van der Waals surface area contributed by atoms with Crippen LogP contribution in [0.15, 0.2) is 30.3 Å². The van der Waals surface area contributed by atoms with Crippen LogP contribution >= 0.6 is 11.3 Å². The number of ether oxygens (including phenoxy) is 2. The summed E-state index contributed by atoms with van der Waals surface area (Å²) in [6, 6.07) is 6.29. The summed E-state index contributed by atoms with van der Waals surface area (Å²) in [4.78, 5) is 27.4. The molecule has 0 saturated heterocycles. The van der Waals surface area contributed by atoms with Gasteiger partial charge in [0.25, 0.3) is 5.91 Å². The van der Waals surface area contributed by atoms with Gasteiger partial charge in [-0.25, -0.2) is 9.37 Å². The Hall–Kier alpha value is -3.25. The number of aryl methyl sites for hydroxylation is 1. The van der Waals surface area contributed by atoms with E-state index in [0.29, 0.717) is 46.7 Å². The number of thiazole rings is 1. The van der Waals surface area contributed by atoms with Gasteiger partial charge in [-0.1, -0.05) is 34.1 Å². The summed E-state index contributed by atoms with van der Waals surface area (Å²) in [5, 5.41) is 6.28. The van der Waals surface area contributed by atoms with Crippen LogP contribution in [0.1, 0.15) is 80.7 Å². The first-order chi connectivity index (χ1) is 22.7. The molecule has 6 unspecified atom stereocenters. The first kappa shape index (κ1) is 37.6. The minimum atomic E-state index is -4.76. The normalized spacial score (nSPS) is 27.2. The summed E-state index contributed by atoms with van der Waals surface area (Å²) in [5.74, 6) is 2.97. The highest BCUT2D eigenvalue weighted by atomic mass is 32.1. The highest BCUT2D eigenvalue weighted by Crippen LogP contribution is 2.53. The highest BCUT2D eigenvalue weighted by Gasteiger charge is 2.47. The number of nitrogens with zero attached hydrogens (tertiary/aromatic N) is 1. The monoisotopic (exact) mass is 693 g/mol. The number of nitrogens with one attached hydrogen (secondary N) is 2. The van der Waals surface area contributed by atoms with Crippen molar-refractivity contribution in [3.63, 3.8) is 0 Å². The second kappa shape index (κ2) is 15.5. The predicted molar refractivity (Wildman–Crippen MR) is 181 cm³/mol. The Morgan fingerprint density at radius 2 is 1.83 bits per heavy atom. The maximum absolute atomic E-state index is 13.0. The SMILES string of the molecule is CCC1(C)C(C)CC1COC.COc1ccc2nc(C)sc2c1C(=O)NC1C2CC[C@H](C2)C1C.O=CNc1ccc(F)c(C(F)(F)F)c1. The van der Waals surface area contributed by atoms with E-state index >= 15 is 0 Å². The Morgan fingerprint density at radius 3 is 2.40 bits per heavy atom. The molecular weight excluding hydrogens is 646 g/mol. The van der Waals surface area contributed by atoms with Crippen LogP contribution < -0.4 is 15.4 Å². The number of carbonyl (C=O) groups is 2. The molecule has 3 saturated carbocycles. The van der Waals surface area contributed by atoms with Crippen molar-refractivity contribution in [2.45, 2.75) is 78.9 Å².